The van der Waals surface area contributed by atoms with Crippen molar-refractivity contribution >= 4 is 11.9 Å². The van der Waals surface area contributed by atoms with Gasteiger partial charge in [0.05, 0.1) is 18.7 Å². The summed E-state index contributed by atoms with van der Waals surface area (Å²) < 4.78 is 5.94. The fourth-order valence-electron chi connectivity index (χ4n) is 3.76. The van der Waals surface area contributed by atoms with Crippen LogP contribution in [0.3, 0.4) is 0 Å². The molecule has 0 saturated carbocycles. The minimum absolute atomic E-state index is 0.0746. The summed E-state index contributed by atoms with van der Waals surface area (Å²) in [6.07, 6.45) is 1.75. The van der Waals surface area contributed by atoms with E-state index in [4.69, 9.17) is 4.74 Å². The van der Waals surface area contributed by atoms with Gasteiger partial charge in [0.2, 0.25) is 5.78 Å². The third-order valence-electron chi connectivity index (χ3n) is 5.64. The fourth-order valence-corrected chi connectivity index (χ4v) is 3.76. The normalized spacial score (nSPS) is 14.2. The largest absolute Gasteiger partial charge is 0.872 e. The SMILES string of the molecule is CC[NH+](CC)Cc1c([O-])ccc2c1OC(=Cc1ccc(-c3ccccc3)cc1)C2=O. The molecular formula is C26H25NO3. The number of carbonyl (C=O) groups is 1. The van der Waals surface area contributed by atoms with Crippen LogP contribution < -0.4 is 14.7 Å². The minimum Gasteiger partial charge on any atom is -0.872 e. The lowest BCUT2D eigenvalue weighted by Gasteiger charge is -2.21. The second-order valence-corrected chi connectivity index (χ2v) is 7.48. The molecule has 1 aliphatic rings. The van der Waals surface area contributed by atoms with Crippen LogP contribution in [0.25, 0.3) is 17.2 Å². The number of carbonyl (C=O) groups excluding carboxylic acids is 1. The molecule has 1 aliphatic heterocycles. The summed E-state index contributed by atoms with van der Waals surface area (Å²) in [5, 5.41) is 12.5. The maximum Gasteiger partial charge on any atom is 0.231 e. The number of hydrogen-bond donors (Lipinski definition) is 1. The highest BCUT2D eigenvalue weighted by atomic mass is 16.5. The van der Waals surface area contributed by atoms with Gasteiger partial charge in [0, 0.05) is 5.56 Å². The summed E-state index contributed by atoms with van der Waals surface area (Å²) >= 11 is 0. The Morgan fingerprint density at radius 1 is 0.900 bits per heavy atom. The number of benzene rings is 3. The second-order valence-electron chi connectivity index (χ2n) is 7.48. The van der Waals surface area contributed by atoms with E-state index in [9.17, 15) is 9.90 Å². The van der Waals surface area contributed by atoms with E-state index >= 15 is 0 Å². The summed E-state index contributed by atoms with van der Waals surface area (Å²) in [5.41, 5.74) is 4.19. The number of fused-ring (bicyclic) bond motifs is 1. The van der Waals surface area contributed by atoms with E-state index in [1.54, 1.807) is 12.1 Å². The molecule has 3 aromatic carbocycles. The maximum absolute atomic E-state index is 12.9. The first-order valence-corrected chi connectivity index (χ1v) is 10.4. The Balaban J connectivity index is 1.61. The summed E-state index contributed by atoms with van der Waals surface area (Å²) in [7, 11) is 0. The van der Waals surface area contributed by atoms with Crippen LogP contribution in [0, 0.1) is 0 Å². The van der Waals surface area contributed by atoms with E-state index in [0.717, 1.165) is 29.8 Å². The number of rotatable bonds is 6. The van der Waals surface area contributed by atoms with Crippen molar-refractivity contribution in [2.45, 2.75) is 20.4 Å². The van der Waals surface area contributed by atoms with Crippen LogP contribution >= 0.6 is 0 Å². The van der Waals surface area contributed by atoms with Crippen molar-refractivity contribution in [3.05, 3.63) is 89.2 Å². The van der Waals surface area contributed by atoms with Crippen molar-refractivity contribution in [3.63, 3.8) is 0 Å². The van der Waals surface area contributed by atoms with Gasteiger partial charge in [-0.2, -0.15) is 0 Å². The van der Waals surface area contributed by atoms with Crippen LogP contribution in [-0.4, -0.2) is 18.9 Å². The van der Waals surface area contributed by atoms with Gasteiger partial charge in [-0.25, -0.2) is 0 Å². The Morgan fingerprint density at radius 2 is 1.57 bits per heavy atom. The highest BCUT2D eigenvalue weighted by molar-refractivity contribution is 6.15. The minimum atomic E-state index is -0.173. The maximum atomic E-state index is 12.9. The first-order valence-electron chi connectivity index (χ1n) is 10.4. The zero-order chi connectivity index (χ0) is 21.1. The number of Topliss-reactive ketones (excluding diaryl/α,β-unsaturated/α-hetero) is 1. The molecular weight excluding hydrogens is 374 g/mol. The summed E-state index contributed by atoms with van der Waals surface area (Å²) in [6.45, 7) is 6.54. The molecule has 0 aliphatic carbocycles. The Morgan fingerprint density at radius 3 is 2.23 bits per heavy atom. The van der Waals surface area contributed by atoms with Crippen LogP contribution in [0.1, 0.15) is 35.3 Å². The lowest BCUT2D eigenvalue weighted by molar-refractivity contribution is -0.910. The average molecular weight is 399 g/mol. The van der Waals surface area contributed by atoms with Crippen molar-refractivity contribution in [2.24, 2.45) is 0 Å². The smallest absolute Gasteiger partial charge is 0.231 e. The molecule has 1 N–H and O–H groups in total. The Kier molecular flexibility index (Phi) is 5.68. The topological polar surface area (TPSA) is 53.8 Å². The monoisotopic (exact) mass is 399 g/mol. The van der Waals surface area contributed by atoms with E-state index in [1.165, 1.54) is 11.0 Å². The molecule has 0 radical (unpaired) electrons. The molecule has 0 saturated heterocycles. The Bertz CT molecular complexity index is 1080. The molecule has 0 amide bonds. The third-order valence-corrected chi connectivity index (χ3v) is 5.64. The Labute approximate surface area is 177 Å². The number of nitrogens with one attached hydrogen (secondary N) is 1. The first kappa shape index (κ1) is 19.9. The molecule has 152 valence electrons. The van der Waals surface area contributed by atoms with Crippen LogP contribution in [0.5, 0.6) is 11.5 Å². The standard InChI is InChI=1S/C26H25NO3/c1-3-27(4-2)17-22-23(28)15-14-21-25(29)24(30-26(21)22)16-18-10-12-20(13-11-18)19-8-6-5-7-9-19/h5-16,28H,3-4,17H2,1-2H3. The quantitative estimate of drug-likeness (QED) is 0.646. The molecule has 0 unspecified atom stereocenters. The van der Waals surface area contributed by atoms with Crippen LogP contribution in [0.15, 0.2) is 72.5 Å². The molecule has 0 bridgehead atoms. The van der Waals surface area contributed by atoms with Crippen LogP contribution in [-0.2, 0) is 6.54 Å². The number of hydrogen-bond acceptors (Lipinski definition) is 3. The lowest BCUT2D eigenvalue weighted by Crippen LogP contribution is -3.10. The van der Waals surface area contributed by atoms with Crippen LogP contribution in [0.2, 0.25) is 0 Å². The molecule has 0 spiro atoms. The predicted octanol–water partition coefficient (Wildman–Crippen LogP) is 3.47. The summed E-state index contributed by atoms with van der Waals surface area (Å²) in [5.74, 6) is 0.445. The van der Waals surface area contributed by atoms with Gasteiger partial charge in [0.1, 0.15) is 12.3 Å². The zero-order valence-electron chi connectivity index (χ0n) is 17.3. The lowest BCUT2D eigenvalue weighted by atomic mass is 10.0. The van der Waals surface area contributed by atoms with Gasteiger partial charge in [-0.05, 0) is 42.7 Å². The van der Waals surface area contributed by atoms with Crippen molar-refractivity contribution < 1.29 is 19.5 Å². The average Bonchev–Trinajstić information content (AvgIpc) is 3.10. The van der Waals surface area contributed by atoms with Crippen molar-refractivity contribution in [1.82, 2.24) is 0 Å². The van der Waals surface area contributed by atoms with Gasteiger partial charge in [-0.1, -0.05) is 66.4 Å². The molecule has 1 heterocycles. The number of ketones is 1. The molecule has 0 atom stereocenters. The molecule has 0 aromatic heterocycles. The molecule has 30 heavy (non-hydrogen) atoms. The molecule has 4 nitrogen and oxygen atoms in total. The second kappa shape index (κ2) is 8.56. The van der Waals surface area contributed by atoms with Gasteiger partial charge in [-0.3, -0.25) is 4.79 Å². The number of ether oxygens (including phenoxy) is 1. The predicted molar refractivity (Wildman–Crippen MR) is 116 cm³/mol. The van der Waals surface area contributed by atoms with Crippen molar-refractivity contribution in [1.29, 1.82) is 0 Å². The van der Waals surface area contributed by atoms with Gasteiger partial charge >= 0.3 is 0 Å². The molecule has 4 heteroatoms. The summed E-state index contributed by atoms with van der Waals surface area (Å²) in [6, 6.07) is 21.2. The Hall–Kier alpha value is -3.37. The van der Waals surface area contributed by atoms with Crippen molar-refractivity contribution in [3.8, 4) is 22.6 Å². The summed E-state index contributed by atoms with van der Waals surface area (Å²) in [4.78, 5) is 14.1. The molecule has 3 aromatic rings. The van der Waals surface area contributed by atoms with E-state index < -0.39 is 0 Å². The van der Waals surface area contributed by atoms with Gasteiger partial charge < -0.3 is 14.7 Å². The van der Waals surface area contributed by atoms with E-state index in [0.29, 0.717) is 23.4 Å². The van der Waals surface area contributed by atoms with Gasteiger partial charge in [0.15, 0.2) is 5.76 Å². The molecule has 0 fully saturated rings. The third kappa shape index (κ3) is 3.87. The van der Waals surface area contributed by atoms with E-state index in [1.807, 2.05) is 42.5 Å². The highest BCUT2D eigenvalue weighted by Gasteiger charge is 2.30. The fraction of sp³-hybridized carbons (Fsp3) is 0.192. The molecule has 4 rings (SSSR count). The van der Waals surface area contributed by atoms with Gasteiger partial charge in [0.25, 0.3) is 0 Å². The first-order chi connectivity index (χ1) is 14.6. The van der Waals surface area contributed by atoms with Gasteiger partial charge in [-0.15, -0.1) is 0 Å². The van der Waals surface area contributed by atoms with E-state index in [-0.39, 0.29) is 17.3 Å². The highest BCUT2D eigenvalue weighted by Crippen LogP contribution is 2.38. The zero-order valence-corrected chi connectivity index (χ0v) is 17.3. The van der Waals surface area contributed by atoms with Crippen molar-refractivity contribution in [2.75, 3.05) is 13.1 Å². The van der Waals surface area contributed by atoms with E-state index in [2.05, 4.69) is 26.0 Å². The number of allylic oxidation sites excluding steroid dienone is 1. The van der Waals surface area contributed by atoms with Crippen LogP contribution in [0.4, 0.5) is 0 Å². The number of quaternary nitrogens is 1.